The molecule has 0 saturated heterocycles. The van der Waals surface area contributed by atoms with Gasteiger partial charge >= 0.3 is 5.97 Å². The zero-order valence-corrected chi connectivity index (χ0v) is 9.95. The Morgan fingerprint density at radius 2 is 1.94 bits per heavy atom. The number of rotatable bonds is 6. The van der Waals surface area contributed by atoms with E-state index in [0.29, 0.717) is 12.8 Å². The van der Waals surface area contributed by atoms with Crippen LogP contribution >= 0.6 is 0 Å². The van der Waals surface area contributed by atoms with Crippen LogP contribution in [0.25, 0.3) is 0 Å². The Bertz CT molecular complexity index is 458. The Kier molecular flexibility index (Phi) is 4.95. The number of benzene rings is 1. The SMILES string of the molecule is CCCC(CC(=O)c1ccc(F)c(F)c1)C(=O)O. The van der Waals surface area contributed by atoms with Gasteiger partial charge in [0.2, 0.25) is 0 Å². The molecule has 0 aromatic heterocycles. The highest BCUT2D eigenvalue weighted by Crippen LogP contribution is 2.17. The maximum atomic E-state index is 12.9. The number of carbonyl (C=O) groups excluding carboxylic acids is 1. The predicted molar refractivity (Wildman–Crippen MR) is 61.3 cm³/mol. The molecule has 0 heterocycles. The van der Waals surface area contributed by atoms with E-state index in [1.54, 1.807) is 0 Å². The van der Waals surface area contributed by atoms with E-state index in [-0.39, 0.29) is 12.0 Å². The van der Waals surface area contributed by atoms with Crippen LogP contribution in [0.1, 0.15) is 36.5 Å². The molecule has 1 aromatic carbocycles. The Morgan fingerprint density at radius 1 is 1.28 bits per heavy atom. The lowest BCUT2D eigenvalue weighted by Gasteiger charge is -2.10. The van der Waals surface area contributed by atoms with Gasteiger partial charge in [-0.2, -0.15) is 0 Å². The van der Waals surface area contributed by atoms with Crippen molar-refractivity contribution in [3.8, 4) is 0 Å². The smallest absolute Gasteiger partial charge is 0.306 e. The van der Waals surface area contributed by atoms with Gasteiger partial charge in [-0.15, -0.1) is 0 Å². The van der Waals surface area contributed by atoms with Gasteiger partial charge in [0.05, 0.1) is 5.92 Å². The van der Waals surface area contributed by atoms with Gasteiger partial charge in [-0.25, -0.2) is 8.78 Å². The van der Waals surface area contributed by atoms with Crippen LogP contribution < -0.4 is 0 Å². The summed E-state index contributed by atoms with van der Waals surface area (Å²) in [6.45, 7) is 1.82. The lowest BCUT2D eigenvalue weighted by Crippen LogP contribution is -2.18. The highest BCUT2D eigenvalue weighted by atomic mass is 19.2. The van der Waals surface area contributed by atoms with Crippen molar-refractivity contribution in [2.45, 2.75) is 26.2 Å². The number of carboxylic acid groups (broad SMARTS) is 1. The van der Waals surface area contributed by atoms with Crippen molar-refractivity contribution in [2.75, 3.05) is 0 Å². The van der Waals surface area contributed by atoms with Crippen LogP contribution in [0, 0.1) is 17.6 Å². The summed E-state index contributed by atoms with van der Waals surface area (Å²) in [6.07, 6.45) is 0.820. The highest BCUT2D eigenvalue weighted by Gasteiger charge is 2.21. The molecule has 1 atom stereocenters. The van der Waals surface area contributed by atoms with Crippen molar-refractivity contribution in [3.63, 3.8) is 0 Å². The quantitative estimate of drug-likeness (QED) is 0.796. The minimum Gasteiger partial charge on any atom is -0.481 e. The molecule has 0 aliphatic heterocycles. The molecule has 5 heteroatoms. The van der Waals surface area contributed by atoms with Crippen molar-refractivity contribution >= 4 is 11.8 Å². The first kappa shape index (κ1) is 14.3. The van der Waals surface area contributed by atoms with Gasteiger partial charge in [-0.1, -0.05) is 13.3 Å². The lowest BCUT2D eigenvalue weighted by atomic mass is 9.94. The Hall–Kier alpha value is -1.78. The largest absolute Gasteiger partial charge is 0.481 e. The van der Waals surface area contributed by atoms with Crippen molar-refractivity contribution in [3.05, 3.63) is 35.4 Å². The molecule has 0 spiro atoms. The standard InChI is InChI=1S/C13H14F2O3/c1-2-3-9(13(17)18)7-12(16)8-4-5-10(14)11(15)6-8/h4-6,9H,2-3,7H2,1H3,(H,17,18). The molecule has 1 rings (SSSR count). The van der Waals surface area contributed by atoms with Crippen molar-refractivity contribution in [1.82, 2.24) is 0 Å². The van der Waals surface area contributed by atoms with Gasteiger partial charge in [0.1, 0.15) is 0 Å². The second-order valence-corrected chi connectivity index (χ2v) is 4.08. The maximum Gasteiger partial charge on any atom is 0.306 e. The number of hydrogen-bond acceptors (Lipinski definition) is 2. The van der Waals surface area contributed by atoms with E-state index in [1.807, 2.05) is 6.92 Å². The highest BCUT2D eigenvalue weighted by molar-refractivity contribution is 5.97. The van der Waals surface area contributed by atoms with E-state index in [0.717, 1.165) is 18.2 Å². The third-order valence-corrected chi connectivity index (χ3v) is 2.66. The van der Waals surface area contributed by atoms with Crippen LogP contribution in [-0.4, -0.2) is 16.9 Å². The molecule has 0 fully saturated rings. The monoisotopic (exact) mass is 256 g/mol. The summed E-state index contributed by atoms with van der Waals surface area (Å²) in [5.74, 6) is -4.46. The topological polar surface area (TPSA) is 54.4 Å². The van der Waals surface area contributed by atoms with Gasteiger partial charge in [0.15, 0.2) is 17.4 Å². The molecule has 98 valence electrons. The second kappa shape index (κ2) is 6.23. The fourth-order valence-electron chi connectivity index (χ4n) is 1.67. The summed E-state index contributed by atoms with van der Waals surface area (Å²) in [7, 11) is 0. The third kappa shape index (κ3) is 3.61. The zero-order chi connectivity index (χ0) is 13.7. The molecule has 1 unspecified atom stereocenters. The van der Waals surface area contributed by atoms with E-state index in [2.05, 4.69) is 0 Å². The molecule has 1 aromatic rings. The number of hydrogen-bond donors (Lipinski definition) is 1. The third-order valence-electron chi connectivity index (χ3n) is 2.66. The number of Topliss-reactive ketones (excluding diaryl/α,β-unsaturated/α-hetero) is 1. The summed E-state index contributed by atoms with van der Waals surface area (Å²) in [5.41, 5.74) is -0.00347. The average molecular weight is 256 g/mol. The van der Waals surface area contributed by atoms with Gasteiger partial charge in [-0.3, -0.25) is 9.59 Å². The number of carboxylic acids is 1. The van der Waals surface area contributed by atoms with Crippen LogP contribution in [0.2, 0.25) is 0 Å². The van der Waals surface area contributed by atoms with Gasteiger partial charge in [0, 0.05) is 12.0 Å². The van der Waals surface area contributed by atoms with E-state index in [4.69, 9.17) is 5.11 Å². The van der Waals surface area contributed by atoms with E-state index in [9.17, 15) is 18.4 Å². The average Bonchev–Trinajstić information content (AvgIpc) is 2.31. The summed E-state index contributed by atoms with van der Waals surface area (Å²) in [6, 6.07) is 2.81. The van der Waals surface area contributed by atoms with Gasteiger partial charge in [-0.05, 0) is 24.6 Å². The minimum atomic E-state index is -1.11. The first-order valence-corrected chi connectivity index (χ1v) is 5.66. The maximum absolute atomic E-state index is 12.9. The molecule has 18 heavy (non-hydrogen) atoms. The summed E-state index contributed by atoms with van der Waals surface area (Å²) in [5, 5.41) is 8.91. The van der Waals surface area contributed by atoms with Gasteiger partial charge < -0.3 is 5.11 Å². The molecule has 3 nitrogen and oxygen atoms in total. The Morgan fingerprint density at radius 3 is 2.44 bits per heavy atom. The minimum absolute atomic E-state index is 0.00347. The van der Waals surface area contributed by atoms with Crippen LogP contribution in [0.15, 0.2) is 18.2 Å². The normalized spacial score (nSPS) is 12.2. The van der Waals surface area contributed by atoms with Crippen molar-refractivity contribution in [1.29, 1.82) is 0 Å². The predicted octanol–water partition coefficient (Wildman–Crippen LogP) is 3.04. The van der Waals surface area contributed by atoms with Crippen LogP contribution in [-0.2, 0) is 4.79 Å². The molecular weight excluding hydrogens is 242 g/mol. The van der Waals surface area contributed by atoms with E-state index < -0.39 is 29.3 Å². The molecule has 0 aliphatic rings. The number of aliphatic carboxylic acids is 1. The first-order valence-electron chi connectivity index (χ1n) is 5.66. The van der Waals surface area contributed by atoms with Crippen LogP contribution in [0.3, 0.4) is 0 Å². The van der Waals surface area contributed by atoms with E-state index >= 15 is 0 Å². The van der Waals surface area contributed by atoms with Crippen molar-refractivity contribution < 1.29 is 23.5 Å². The number of ketones is 1. The van der Waals surface area contributed by atoms with E-state index in [1.165, 1.54) is 0 Å². The lowest BCUT2D eigenvalue weighted by molar-refractivity contribution is -0.141. The molecular formula is C13H14F2O3. The second-order valence-electron chi connectivity index (χ2n) is 4.08. The van der Waals surface area contributed by atoms with Crippen LogP contribution in [0.4, 0.5) is 8.78 Å². The number of carbonyl (C=O) groups is 2. The fraction of sp³-hybridized carbons (Fsp3) is 0.385. The molecule has 0 amide bonds. The zero-order valence-electron chi connectivity index (χ0n) is 9.95. The van der Waals surface area contributed by atoms with Gasteiger partial charge in [0.25, 0.3) is 0 Å². The first-order chi connectivity index (χ1) is 8.45. The summed E-state index contributed by atoms with van der Waals surface area (Å²) < 4.78 is 25.6. The summed E-state index contributed by atoms with van der Waals surface area (Å²) in [4.78, 5) is 22.6. The van der Waals surface area contributed by atoms with Crippen molar-refractivity contribution in [2.24, 2.45) is 5.92 Å². The molecule has 0 bridgehead atoms. The Balaban J connectivity index is 2.80. The molecule has 0 radical (unpaired) electrons. The van der Waals surface area contributed by atoms with Crippen LogP contribution in [0.5, 0.6) is 0 Å². The molecule has 1 N–H and O–H groups in total. The molecule has 0 saturated carbocycles. The fourth-order valence-corrected chi connectivity index (χ4v) is 1.67. The molecule has 0 aliphatic carbocycles. The Labute approximate surface area is 103 Å². The number of halogens is 2. The summed E-state index contributed by atoms with van der Waals surface area (Å²) >= 11 is 0.